The first-order valence-corrected chi connectivity index (χ1v) is 13.7. The molecule has 1 aliphatic carbocycles. The lowest BCUT2D eigenvalue weighted by Gasteiger charge is -2.38. The van der Waals surface area contributed by atoms with Gasteiger partial charge < -0.3 is 24.3 Å². The van der Waals surface area contributed by atoms with Crippen LogP contribution in [-0.2, 0) is 14.3 Å². The number of morpholine rings is 1. The van der Waals surface area contributed by atoms with E-state index in [1.165, 1.54) is 6.92 Å². The average Bonchev–Trinajstić information content (AvgIpc) is 2.96. The number of carbonyl (C=O) groups excluding carboxylic acids is 2. The second-order valence-corrected chi connectivity index (χ2v) is 10.3. The molecule has 0 radical (unpaired) electrons. The van der Waals surface area contributed by atoms with Crippen LogP contribution >= 0.6 is 0 Å². The van der Waals surface area contributed by atoms with E-state index in [0.717, 1.165) is 68.1 Å². The van der Waals surface area contributed by atoms with Crippen LogP contribution in [0.5, 0.6) is 11.5 Å². The highest BCUT2D eigenvalue weighted by Gasteiger charge is 2.38. The number of fused-ring (bicyclic) bond motifs is 3. The highest BCUT2D eigenvalue weighted by atomic mass is 16.5. The van der Waals surface area contributed by atoms with Crippen molar-refractivity contribution in [3.8, 4) is 11.5 Å². The molecular formula is C30H37N3O6. The lowest BCUT2D eigenvalue weighted by atomic mass is 9.74. The lowest BCUT2D eigenvalue weighted by molar-refractivity contribution is -0.148. The SMILES string of the molecule is COc1cc2c(cc1OC)C1CC(OC(C)=O)CCC1N=C2c1ccc(C(=O)NCCN2CCOCC2)cc1. The monoisotopic (exact) mass is 535 g/mol. The van der Waals surface area contributed by atoms with Gasteiger partial charge in [-0.15, -0.1) is 0 Å². The summed E-state index contributed by atoms with van der Waals surface area (Å²) in [4.78, 5) is 31.9. The zero-order chi connectivity index (χ0) is 27.4. The van der Waals surface area contributed by atoms with Crippen molar-refractivity contribution < 1.29 is 28.5 Å². The second-order valence-electron chi connectivity index (χ2n) is 10.3. The first kappa shape index (κ1) is 27.1. The van der Waals surface area contributed by atoms with E-state index in [4.69, 9.17) is 23.9 Å². The Morgan fingerprint density at radius 3 is 2.46 bits per heavy atom. The van der Waals surface area contributed by atoms with Gasteiger partial charge >= 0.3 is 5.97 Å². The molecule has 0 aromatic heterocycles. The van der Waals surface area contributed by atoms with Gasteiger partial charge in [-0.3, -0.25) is 19.5 Å². The first-order valence-electron chi connectivity index (χ1n) is 13.7. The number of benzene rings is 2. The number of esters is 1. The minimum Gasteiger partial charge on any atom is -0.493 e. The molecule has 39 heavy (non-hydrogen) atoms. The molecule has 2 aromatic rings. The summed E-state index contributed by atoms with van der Waals surface area (Å²) in [6.07, 6.45) is 2.20. The maximum Gasteiger partial charge on any atom is 0.302 e. The van der Waals surface area contributed by atoms with Gasteiger partial charge in [-0.2, -0.15) is 0 Å². The van der Waals surface area contributed by atoms with Crippen LogP contribution < -0.4 is 14.8 Å². The average molecular weight is 536 g/mol. The van der Waals surface area contributed by atoms with Crippen LogP contribution in [0.3, 0.4) is 0 Å². The van der Waals surface area contributed by atoms with Gasteiger partial charge in [0.1, 0.15) is 6.10 Å². The van der Waals surface area contributed by atoms with Crippen molar-refractivity contribution in [2.75, 3.05) is 53.6 Å². The van der Waals surface area contributed by atoms with Crippen LogP contribution in [0.15, 0.2) is 41.4 Å². The van der Waals surface area contributed by atoms with Crippen LogP contribution in [0.1, 0.15) is 59.2 Å². The molecule has 0 bridgehead atoms. The smallest absolute Gasteiger partial charge is 0.302 e. The number of aliphatic imine (C=N–C) groups is 1. The Bertz CT molecular complexity index is 1220. The number of amides is 1. The van der Waals surface area contributed by atoms with E-state index in [2.05, 4.69) is 10.2 Å². The van der Waals surface area contributed by atoms with Gasteiger partial charge in [0.15, 0.2) is 11.5 Å². The van der Waals surface area contributed by atoms with Crippen LogP contribution in [0.25, 0.3) is 0 Å². The summed E-state index contributed by atoms with van der Waals surface area (Å²) in [5, 5.41) is 3.03. The third kappa shape index (κ3) is 6.09. The Morgan fingerprint density at radius 1 is 1.05 bits per heavy atom. The minimum absolute atomic E-state index is 0.0700. The number of nitrogens with zero attached hydrogens (tertiary/aromatic N) is 2. The van der Waals surface area contributed by atoms with E-state index < -0.39 is 0 Å². The molecule has 3 atom stereocenters. The van der Waals surface area contributed by atoms with Gasteiger partial charge in [0, 0.05) is 55.7 Å². The number of nitrogens with one attached hydrogen (secondary N) is 1. The molecule has 5 rings (SSSR count). The molecule has 1 saturated heterocycles. The van der Waals surface area contributed by atoms with Gasteiger partial charge in [0.05, 0.1) is 39.2 Å². The fourth-order valence-electron chi connectivity index (χ4n) is 5.85. The third-order valence-corrected chi connectivity index (χ3v) is 7.84. The summed E-state index contributed by atoms with van der Waals surface area (Å²) in [5.74, 6) is 1.06. The quantitative estimate of drug-likeness (QED) is 0.519. The normalized spacial score (nSPS) is 22.6. The summed E-state index contributed by atoms with van der Waals surface area (Å²) >= 11 is 0. The van der Waals surface area contributed by atoms with E-state index in [-0.39, 0.29) is 29.9 Å². The number of hydrogen-bond donors (Lipinski definition) is 1. The summed E-state index contributed by atoms with van der Waals surface area (Å²) < 4.78 is 22.2. The third-order valence-electron chi connectivity index (χ3n) is 7.84. The molecule has 1 N–H and O–H groups in total. The molecule has 3 aliphatic rings. The van der Waals surface area contributed by atoms with Crippen molar-refractivity contribution >= 4 is 17.6 Å². The molecule has 1 saturated carbocycles. The molecule has 2 fully saturated rings. The largest absolute Gasteiger partial charge is 0.493 e. The van der Waals surface area contributed by atoms with Crippen molar-refractivity contribution in [2.24, 2.45) is 4.99 Å². The number of hydrogen-bond acceptors (Lipinski definition) is 8. The highest BCUT2D eigenvalue weighted by molar-refractivity contribution is 6.15. The molecular weight excluding hydrogens is 498 g/mol. The number of methoxy groups -OCH3 is 2. The van der Waals surface area contributed by atoms with Gasteiger partial charge in [-0.05, 0) is 49.1 Å². The Balaban J connectivity index is 1.37. The van der Waals surface area contributed by atoms with E-state index in [1.54, 1.807) is 14.2 Å². The summed E-state index contributed by atoms with van der Waals surface area (Å²) in [5.41, 5.74) is 4.51. The van der Waals surface area contributed by atoms with Crippen LogP contribution in [0, 0.1) is 0 Å². The van der Waals surface area contributed by atoms with Gasteiger partial charge in [0.2, 0.25) is 0 Å². The molecule has 2 heterocycles. The van der Waals surface area contributed by atoms with Crippen molar-refractivity contribution in [1.29, 1.82) is 0 Å². The molecule has 9 heteroatoms. The van der Waals surface area contributed by atoms with Gasteiger partial charge in [-0.1, -0.05) is 12.1 Å². The number of rotatable bonds is 8. The Labute approximate surface area is 229 Å². The summed E-state index contributed by atoms with van der Waals surface area (Å²) in [7, 11) is 3.25. The summed E-state index contributed by atoms with van der Waals surface area (Å²) in [6, 6.07) is 11.7. The predicted octanol–water partition coefficient (Wildman–Crippen LogP) is 3.18. The number of ether oxygens (including phenoxy) is 4. The van der Waals surface area contributed by atoms with Crippen LogP contribution in [0.4, 0.5) is 0 Å². The molecule has 3 unspecified atom stereocenters. The minimum atomic E-state index is -0.254. The van der Waals surface area contributed by atoms with E-state index >= 15 is 0 Å². The van der Waals surface area contributed by atoms with Crippen molar-refractivity contribution in [1.82, 2.24) is 10.2 Å². The standard InChI is InChI=1S/C30H37N3O6/c1-19(34)39-22-8-9-26-24(16-22)23-17-27(36-2)28(37-3)18-25(23)29(32-26)20-4-6-21(7-5-20)30(35)31-10-11-33-12-14-38-15-13-33/h4-7,17-18,22,24,26H,8-16H2,1-3H3,(H,31,35). The van der Waals surface area contributed by atoms with Crippen LogP contribution in [0.2, 0.25) is 0 Å². The molecule has 2 aliphatic heterocycles. The van der Waals surface area contributed by atoms with E-state index in [9.17, 15) is 9.59 Å². The molecule has 9 nitrogen and oxygen atoms in total. The Hall–Kier alpha value is -3.43. The maximum atomic E-state index is 12.8. The lowest BCUT2D eigenvalue weighted by Crippen LogP contribution is -2.41. The Kier molecular flexibility index (Phi) is 8.47. The second kappa shape index (κ2) is 12.2. The van der Waals surface area contributed by atoms with Crippen molar-refractivity contribution in [3.63, 3.8) is 0 Å². The fraction of sp³-hybridized carbons (Fsp3) is 0.500. The summed E-state index contributed by atoms with van der Waals surface area (Å²) in [6.45, 7) is 6.16. The van der Waals surface area contributed by atoms with Crippen LogP contribution in [-0.4, -0.2) is 88.2 Å². The number of carbonyl (C=O) groups is 2. The van der Waals surface area contributed by atoms with Gasteiger partial charge in [-0.25, -0.2) is 0 Å². The zero-order valence-corrected chi connectivity index (χ0v) is 22.9. The fourth-order valence-corrected chi connectivity index (χ4v) is 5.85. The molecule has 0 spiro atoms. The van der Waals surface area contributed by atoms with E-state index in [0.29, 0.717) is 30.0 Å². The van der Waals surface area contributed by atoms with Crippen molar-refractivity contribution in [3.05, 3.63) is 58.7 Å². The topological polar surface area (TPSA) is 98.7 Å². The first-order chi connectivity index (χ1) is 19.0. The highest BCUT2D eigenvalue weighted by Crippen LogP contribution is 2.45. The zero-order valence-electron chi connectivity index (χ0n) is 22.9. The predicted molar refractivity (Wildman–Crippen MR) is 147 cm³/mol. The Morgan fingerprint density at radius 2 is 1.77 bits per heavy atom. The van der Waals surface area contributed by atoms with Gasteiger partial charge in [0.25, 0.3) is 5.91 Å². The maximum absolute atomic E-state index is 12.8. The molecule has 2 aromatic carbocycles. The molecule has 1 amide bonds. The van der Waals surface area contributed by atoms with Crippen molar-refractivity contribution in [2.45, 2.75) is 44.2 Å². The van der Waals surface area contributed by atoms with E-state index in [1.807, 2.05) is 36.4 Å². The molecule has 208 valence electrons.